The molecule has 2 N–H and O–H groups in total. The van der Waals surface area contributed by atoms with Crippen LogP contribution >= 0.6 is 23.2 Å². The lowest BCUT2D eigenvalue weighted by Gasteiger charge is -2.09. The number of aromatic nitrogens is 1. The van der Waals surface area contributed by atoms with E-state index in [1.807, 2.05) is 54.6 Å². The van der Waals surface area contributed by atoms with Gasteiger partial charge in [0.05, 0.1) is 33.0 Å². The van der Waals surface area contributed by atoms with Crippen molar-refractivity contribution in [1.29, 1.82) is 0 Å². The second kappa shape index (κ2) is 10.3. The number of ether oxygens (including phenoxy) is 1. The highest BCUT2D eigenvalue weighted by Crippen LogP contribution is 2.33. The maximum absolute atomic E-state index is 13.0. The molecule has 34 heavy (non-hydrogen) atoms. The van der Waals surface area contributed by atoms with E-state index < -0.39 is 18.5 Å². The largest absolute Gasteiger partial charge is 0.479 e. The number of fused-ring (bicyclic) bond motifs is 1. The second-order valence-corrected chi connectivity index (χ2v) is 7.95. The van der Waals surface area contributed by atoms with Crippen molar-refractivity contribution < 1.29 is 19.4 Å². The van der Waals surface area contributed by atoms with Crippen LogP contribution in [0.5, 0.6) is 5.75 Å². The number of amides is 1. The number of para-hydroxylation sites is 1. The van der Waals surface area contributed by atoms with Crippen molar-refractivity contribution in [3.8, 4) is 17.0 Å². The van der Waals surface area contributed by atoms with Gasteiger partial charge in [0.1, 0.15) is 0 Å². The first kappa shape index (κ1) is 23.2. The smallest absolute Gasteiger partial charge is 0.341 e. The first-order chi connectivity index (χ1) is 16.4. The van der Waals surface area contributed by atoms with Crippen LogP contribution in [-0.4, -0.2) is 34.8 Å². The van der Waals surface area contributed by atoms with Gasteiger partial charge in [0.25, 0.3) is 5.91 Å². The van der Waals surface area contributed by atoms with Crippen molar-refractivity contribution in [2.45, 2.75) is 0 Å². The highest BCUT2D eigenvalue weighted by Gasteiger charge is 2.14. The highest BCUT2D eigenvalue weighted by atomic mass is 35.5. The summed E-state index contributed by atoms with van der Waals surface area (Å²) in [4.78, 5) is 28.4. The Hall–Kier alpha value is -3.94. The number of halogens is 2. The van der Waals surface area contributed by atoms with Crippen LogP contribution in [0.4, 0.5) is 0 Å². The number of rotatable bonds is 7. The average molecular weight is 494 g/mol. The molecule has 0 saturated carbocycles. The number of carbonyl (C=O) groups is 2. The van der Waals surface area contributed by atoms with Crippen molar-refractivity contribution in [2.75, 3.05) is 6.61 Å². The van der Waals surface area contributed by atoms with Crippen LogP contribution in [0, 0.1) is 0 Å². The molecule has 0 bridgehead atoms. The molecular formula is C25H17Cl2N3O4. The molecular weight excluding hydrogens is 477 g/mol. The number of hydrazone groups is 1. The molecule has 0 aliphatic heterocycles. The summed E-state index contributed by atoms with van der Waals surface area (Å²) in [6.45, 7) is -0.576. The molecule has 0 radical (unpaired) electrons. The Morgan fingerprint density at radius 2 is 1.68 bits per heavy atom. The Labute approximate surface area is 204 Å². The van der Waals surface area contributed by atoms with Crippen molar-refractivity contribution in [3.63, 3.8) is 0 Å². The van der Waals surface area contributed by atoms with Crippen molar-refractivity contribution in [2.24, 2.45) is 5.10 Å². The zero-order valence-corrected chi connectivity index (χ0v) is 19.0. The Morgan fingerprint density at radius 1 is 1.00 bits per heavy atom. The molecule has 1 heterocycles. The maximum Gasteiger partial charge on any atom is 0.341 e. The fourth-order valence-electron chi connectivity index (χ4n) is 3.27. The quantitative estimate of drug-likeness (QED) is 0.263. The van der Waals surface area contributed by atoms with Crippen LogP contribution in [0.15, 0.2) is 77.9 Å². The number of pyridine rings is 1. The zero-order valence-electron chi connectivity index (χ0n) is 17.5. The molecule has 0 aliphatic rings. The van der Waals surface area contributed by atoms with Crippen molar-refractivity contribution in [3.05, 3.63) is 94.0 Å². The molecule has 0 spiro atoms. The average Bonchev–Trinajstić information content (AvgIpc) is 2.83. The molecule has 0 atom stereocenters. The molecule has 0 fully saturated rings. The lowest BCUT2D eigenvalue weighted by molar-refractivity contribution is -0.139. The van der Waals surface area contributed by atoms with E-state index in [-0.39, 0.29) is 15.8 Å². The van der Waals surface area contributed by atoms with E-state index in [2.05, 4.69) is 15.5 Å². The number of hydrogen-bond donors (Lipinski definition) is 2. The molecule has 4 aromatic rings. The third-order valence-electron chi connectivity index (χ3n) is 4.77. The predicted molar refractivity (Wildman–Crippen MR) is 132 cm³/mol. The van der Waals surface area contributed by atoms with E-state index in [4.69, 9.17) is 33.0 Å². The zero-order chi connectivity index (χ0) is 24.1. The highest BCUT2D eigenvalue weighted by molar-refractivity contribution is 6.37. The molecule has 0 aliphatic carbocycles. The van der Waals surface area contributed by atoms with Gasteiger partial charge in [-0.15, -0.1) is 0 Å². The SMILES string of the molecule is O=C(O)COc1c(Cl)cc(/C=N/NC(=O)c2cc(-c3ccccc3)nc3ccccc23)cc1Cl. The third kappa shape index (κ3) is 5.33. The molecule has 0 unspecified atom stereocenters. The van der Waals surface area contributed by atoms with Crippen molar-refractivity contribution in [1.82, 2.24) is 10.4 Å². The first-order valence-corrected chi connectivity index (χ1v) is 10.8. The summed E-state index contributed by atoms with van der Waals surface area (Å²) < 4.78 is 5.09. The topological polar surface area (TPSA) is 101 Å². The van der Waals surface area contributed by atoms with Crippen LogP contribution in [0.2, 0.25) is 10.0 Å². The molecule has 9 heteroatoms. The number of nitrogens with one attached hydrogen (secondary N) is 1. The van der Waals surface area contributed by atoms with Gasteiger partial charge in [0, 0.05) is 10.9 Å². The molecule has 1 amide bonds. The normalized spacial score (nSPS) is 11.0. The Morgan fingerprint density at radius 3 is 2.38 bits per heavy atom. The van der Waals surface area contributed by atoms with E-state index in [1.54, 1.807) is 6.07 Å². The third-order valence-corrected chi connectivity index (χ3v) is 5.33. The number of carbonyl (C=O) groups excluding carboxylic acids is 1. The van der Waals surface area contributed by atoms with Crippen molar-refractivity contribution >= 4 is 52.2 Å². The number of hydrogen-bond acceptors (Lipinski definition) is 5. The van der Waals surface area contributed by atoms with Gasteiger partial charge in [0.15, 0.2) is 12.4 Å². The van der Waals surface area contributed by atoms with E-state index >= 15 is 0 Å². The number of nitrogens with zero attached hydrogens (tertiary/aromatic N) is 2. The monoisotopic (exact) mass is 493 g/mol. The van der Waals surface area contributed by atoms with Crippen LogP contribution in [0.1, 0.15) is 15.9 Å². The molecule has 0 saturated heterocycles. The van der Waals surface area contributed by atoms with Gasteiger partial charge in [-0.2, -0.15) is 5.10 Å². The Bertz CT molecular complexity index is 1390. The summed E-state index contributed by atoms with van der Waals surface area (Å²) in [6, 6.07) is 21.7. The minimum absolute atomic E-state index is 0.0589. The van der Waals surface area contributed by atoms with Crippen LogP contribution in [0.25, 0.3) is 22.2 Å². The molecule has 4 rings (SSSR count). The first-order valence-electron chi connectivity index (χ1n) is 10.0. The van der Waals surface area contributed by atoms with Crippen LogP contribution in [0.3, 0.4) is 0 Å². The predicted octanol–water partition coefficient (Wildman–Crippen LogP) is 5.44. The Kier molecular flexibility index (Phi) is 7.06. The number of carboxylic acid groups (broad SMARTS) is 1. The number of carboxylic acids is 1. The molecule has 170 valence electrons. The van der Waals surface area contributed by atoms with Gasteiger partial charge in [-0.1, -0.05) is 71.7 Å². The molecule has 1 aromatic heterocycles. The van der Waals surface area contributed by atoms with Gasteiger partial charge in [-0.05, 0) is 29.8 Å². The van der Waals surface area contributed by atoms with E-state index in [0.29, 0.717) is 27.7 Å². The van der Waals surface area contributed by atoms with Gasteiger partial charge >= 0.3 is 5.97 Å². The van der Waals surface area contributed by atoms with Gasteiger partial charge < -0.3 is 9.84 Å². The Balaban J connectivity index is 1.57. The summed E-state index contributed by atoms with van der Waals surface area (Å²) in [5.74, 6) is -1.51. The molecule has 3 aromatic carbocycles. The number of aliphatic carboxylic acids is 1. The minimum atomic E-state index is -1.15. The lowest BCUT2D eigenvalue weighted by atomic mass is 10.0. The summed E-state index contributed by atoms with van der Waals surface area (Å²) in [6.07, 6.45) is 1.37. The minimum Gasteiger partial charge on any atom is -0.479 e. The van der Waals surface area contributed by atoms with Crippen LogP contribution in [-0.2, 0) is 4.79 Å². The standard InChI is InChI=1S/C25H17Cl2N3O4/c26-19-10-15(11-20(27)24(19)34-14-23(31)32)13-28-30-25(33)18-12-22(16-6-2-1-3-7-16)29-21-9-5-4-8-17(18)21/h1-13H,14H2,(H,30,33)(H,31,32)/b28-13+. The molecule has 7 nitrogen and oxygen atoms in total. The lowest BCUT2D eigenvalue weighted by Crippen LogP contribution is -2.18. The summed E-state index contributed by atoms with van der Waals surface area (Å²) in [5.41, 5.74) is 5.68. The second-order valence-electron chi connectivity index (χ2n) is 7.13. The summed E-state index contributed by atoms with van der Waals surface area (Å²) >= 11 is 12.3. The van der Waals surface area contributed by atoms with E-state index in [9.17, 15) is 9.59 Å². The van der Waals surface area contributed by atoms with E-state index in [1.165, 1.54) is 18.3 Å². The van der Waals surface area contributed by atoms with Crippen LogP contribution < -0.4 is 10.2 Å². The maximum atomic E-state index is 13.0. The van der Waals surface area contributed by atoms with Gasteiger partial charge in [-0.25, -0.2) is 15.2 Å². The number of benzene rings is 3. The van der Waals surface area contributed by atoms with Gasteiger partial charge in [-0.3, -0.25) is 4.79 Å². The summed E-state index contributed by atoms with van der Waals surface area (Å²) in [5, 5.41) is 13.7. The fourth-order valence-corrected chi connectivity index (χ4v) is 3.88. The van der Waals surface area contributed by atoms with Gasteiger partial charge in [0.2, 0.25) is 0 Å². The fraction of sp³-hybridized carbons (Fsp3) is 0.0400. The van der Waals surface area contributed by atoms with E-state index in [0.717, 1.165) is 5.56 Å². The summed E-state index contributed by atoms with van der Waals surface area (Å²) in [7, 11) is 0.